The van der Waals surface area contributed by atoms with Gasteiger partial charge in [-0.2, -0.15) is 0 Å². The maximum Gasteiger partial charge on any atom is 0.264 e. The fraction of sp³-hybridized carbons (Fsp3) is 0.615. The van der Waals surface area contributed by atoms with E-state index in [0.717, 1.165) is 36.9 Å². The molecule has 1 rings (SSSR count). The number of aryl methyl sites for hydroxylation is 1. The fourth-order valence-electron chi connectivity index (χ4n) is 1.65. The SMILES string of the molecule is CC(C)CNCCCCn1cc(Br)cc(Br)c1=O. The number of rotatable bonds is 7. The Labute approximate surface area is 125 Å². The van der Waals surface area contributed by atoms with E-state index in [-0.39, 0.29) is 5.56 Å². The summed E-state index contributed by atoms with van der Waals surface area (Å²) in [6.45, 7) is 7.24. The van der Waals surface area contributed by atoms with Gasteiger partial charge < -0.3 is 9.88 Å². The maximum absolute atomic E-state index is 11.8. The van der Waals surface area contributed by atoms with Gasteiger partial charge in [0.1, 0.15) is 0 Å². The first-order chi connectivity index (χ1) is 8.50. The summed E-state index contributed by atoms with van der Waals surface area (Å²) in [5, 5.41) is 3.40. The molecule has 0 aliphatic heterocycles. The zero-order valence-corrected chi connectivity index (χ0v) is 14.1. The second-order valence-corrected chi connectivity index (χ2v) is 6.58. The van der Waals surface area contributed by atoms with Gasteiger partial charge in [-0.3, -0.25) is 4.79 Å². The summed E-state index contributed by atoms with van der Waals surface area (Å²) in [7, 11) is 0. The number of unbranched alkanes of at least 4 members (excludes halogenated alkanes) is 1. The van der Waals surface area contributed by atoms with E-state index < -0.39 is 0 Å². The lowest BCUT2D eigenvalue weighted by atomic mass is 10.2. The van der Waals surface area contributed by atoms with Crippen molar-refractivity contribution in [1.29, 1.82) is 0 Å². The average Bonchev–Trinajstić information content (AvgIpc) is 2.29. The Morgan fingerprint density at radius 2 is 2.06 bits per heavy atom. The second-order valence-electron chi connectivity index (χ2n) is 4.81. The van der Waals surface area contributed by atoms with Crippen LogP contribution in [0, 0.1) is 5.92 Å². The van der Waals surface area contributed by atoms with Crippen LogP contribution >= 0.6 is 31.9 Å². The fourth-order valence-corrected chi connectivity index (χ4v) is 2.91. The second kappa shape index (κ2) is 8.12. The van der Waals surface area contributed by atoms with E-state index in [9.17, 15) is 4.79 Å². The van der Waals surface area contributed by atoms with Crippen LogP contribution in [0.15, 0.2) is 26.0 Å². The number of aromatic nitrogens is 1. The molecule has 1 N–H and O–H groups in total. The lowest BCUT2D eigenvalue weighted by Gasteiger charge is -2.09. The number of hydrogen-bond acceptors (Lipinski definition) is 2. The number of nitrogens with one attached hydrogen (secondary N) is 1. The Balaban J connectivity index is 2.34. The van der Waals surface area contributed by atoms with Crippen molar-refractivity contribution >= 4 is 31.9 Å². The zero-order valence-electron chi connectivity index (χ0n) is 10.9. The number of nitrogens with zero attached hydrogens (tertiary/aromatic N) is 1. The van der Waals surface area contributed by atoms with Crippen LogP contribution in [0.4, 0.5) is 0 Å². The summed E-state index contributed by atoms with van der Waals surface area (Å²) in [5.41, 5.74) is 0.0355. The molecular weight excluding hydrogens is 360 g/mol. The van der Waals surface area contributed by atoms with Crippen molar-refractivity contribution in [2.24, 2.45) is 5.92 Å². The molecule has 0 saturated heterocycles. The van der Waals surface area contributed by atoms with Crippen LogP contribution in [0.3, 0.4) is 0 Å². The molecular formula is C13H20Br2N2O. The van der Waals surface area contributed by atoms with Crippen LogP contribution in [-0.2, 0) is 6.54 Å². The van der Waals surface area contributed by atoms with Gasteiger partial charge in [-0.1, -0.05) is 13.8 Å². The predicted molar refractivity (Wildman–Crippen MR) is 83.0 cm³/mol. The lowest BCUT2D eigenvalue weighted by molar-refractivity contribution is 0.516. The molecule has 0 amide bonds. The van der Waals surface area contributed by atoms with Crippen LogP contribution in [0.25, 0.3) is 0 Å². The highest BCUT2D eigenvalue weighted by Crippen LogP contribution is 2.13. The Hall–Kier alpha value is -0.130. The molecule has 1 aromatic heterocycles. The number of halogens is 2. The summed E-state index contributed by atoms with van der Waals surface area (Å²) >= 11 is 6.67. The Morgan fingerprint density at radius 3 is 2.72 bits per heavy atom. The smallest absolute Gasteiger partial charge is 0.264 e. The molecule has 0 atom stereocenters. The predicted octanol–water partition coefficient (Wildman–Crippen LogP) is 3.40. The third-order valence-corrected chi connectivity index (χ3v) is 3.57. The summed E-state index contributed by atoms with van der Waals surface area (Å²) in [4.78, 5) is 11.8. The topological polar surface area (TPSA) is 34.0 Å². The molecule has 0 aromatic carbocycles. The average molecular weight is 380 g/mol. The van der Waals surface area contributed by atoms with Crippen molar-refractivity contribution in [2.45, 2.75) is 33.2 Å². The molecule has 0 aliphatic rings. The Kier molecular flexibility index (Phi) is 7.19. The van der Waals surface area contributed by atoms with Crippen molar-refractivity contribution in [3.05, 3.63) is 31.6 Å². The highest BCUT2D eigenvalue weighted by molar-refractivity contribution is 9.11. The molecule has 1 heterocycles. The Morgan fingerprint density at radius 1 is 1.33 bits per heavy atom. The molecule has 18 heavy (non-hydrogen) atoms. The maximum atomic E-state index is 11.8. The van der Waals surface area contributed by atoms with E-state index in [1.165, 1.54) is 0 Å². The summed E-state index contributed by atoms with van der Waals surface area (Å²) < 4.78 is 3.28. The van der Waals surface area contributed by atoms with Gasteiger partial charge in [-0.05, 0) is 69.8 Å². The van der Waals surface area contributed by atoms with Gasteiger partial charge in [-0.15, -0.1) is 0 Å². The van der Waals surface area contributed by atoms with Crippen molar-refractivity contribution in [1.82, 2.24) is 9.88 Å². The third kappa shape index (κ3) is 5.67. The molecule has 0 aliphatic carbocycles. The third-order valence-electron chi connectivity index (χ3n) is 2.56. The van der Waals surface area contributed by atoms with E-state index in [1.54, 1.807) is 10.6 Å². The minimum Gasteiger partial charge on any atom is -0.316 e. The molecule has 0 fully saturated rings. The highest BCUT2D eigenvalue weighted by atomic mass is 79.9. The lowest BCUT2D eigenvalue weighted by Crippen LogP contribution is -2.23. The molecule has 5 heteroatoms. The highest BCUT2D eigenvalue weighted by Gasteiger charge is 2.02. The van der Waals surface area contributed by atoms with Crippen molar-refractivity contribution in [3.63, 3.8) is 0 Å². The molecule has 3 nitrogen and oxygen atoms in total. The van der Waals surface area contributed by atoms with Gasteiger partial charge in [0.05, 0.1) is 4.47 Å². The first kappa shape index (κ1) is 15.9. The summed E-state index contributed by atoms with van der Waals surface area (Å²) in [6.07, 6.45) is 3.94. The quantitative estimate of drug-likeness (QED) is 0.736. The van der Waals surface area contributed by atoms with Gasteiger partial charge in [0, 0.05) is 17.2 Å². The minimum absolute atomic E-state index is 0.0355. The van der Waals surface area contributed by atoms with E-state index >= 15 is 0 Å². The summed E-state index contributed by atoms with van der Waals surface area (Å²) in [5.74, 6) is 0.689. The number of pyridine rings is 1. The molecule has 102 valence electrons. The van der Waals surface area contributed by atoms with Crippen molar-refractivity contribution in [3.8, 4) is 0 Å². The van der Waals surface area contributed by atoms with E-state index in [0.29, 0.717) is 10.4 Å². The number of hydrogen-bond donors (Lipinski definition) is 1. The standard InChI is InChI=1S/C13H20Br2N2O/c1-10(2)8-16-5-3-4-6-17-9-11(14)7-12(15)13(17)18/h7,9-10,16H,3-6,8H2,1-2H3. The molecule has 0 saturated carbocycles. The summed E-state index contributed by atoms with van der Waals surface area (Å²) in [6, 6.07) is 1.78. The van der Waals surface area contributed by atoms with Gasteiger partial charge in [0.25, 0.3) is 5.56 Å². The van der Waals surface area contributed by atoms with Gasteiger partial charge in [-0.25, -0.2) is 0 Å². The molecule has 0 bridgehead atoms. The van der Waals surface area contributed by atoms with Crippen LogP contribution in [-0.4, -0.2) is 17.7 Å². The van der Waals surface area contributed by atoms with Crippen molar-refractivity contribution < 1.29 is 0 Å². The largest absolute Gasteiger partial charge is 0.316 e. The van der Waals surface area contributed by atoms with Crippen LogP contribution in [0.2, 0.25) is 0 Å². The molecule has 1 aromatic rings. The van der Waals surface area contributed by atoms with E-state index in [4.69, 9.17) is 0 Å². The van der Waals surface area contributed by atoms with Gasteiger partial charge in [0.15, 0.2) is 0 Å². The minimum atomic E-state index is 0.0355. The van der Waals surface area contributed by atoms with Gasteiger partial charge in [0.2, 0.25) is 0 Å². The first-order valence-electron chi connectivity index (χ1n) is 6.27. The normalized spacial score (nSPS) is 11.2. The molecule has 0 spiro atoms. The molecule has 0 unspecified atom stereocenters. The van der Waals surface area contributed by atoms with Crippen LogP contribution < -0.4 is 10.9 Å². The van der Waals surface area contributed by atoms with Crippen LogP contribution in [0.1, 0.15) is 26.7 Å². The van der Waals surface area contributed by atoms with Gasteiger partial charge >= 0.3 is 0 Å². The first-order valence-corrected chi connectivity index (χ1v) is 7.85. The molecule has 0 radical (unpaired) electrons. The van der Waals surface area contributed by atoms with E-state index in [1.807, 2.05) is 6.20 Å². The zero-order chi connectivity index (χ0) is 13.5. The Bertz CT molecular complexity index is 429. The van der Waals surface area contributed by atoms with Crippen molar-refractivity contribution in [2.75, 3.05) is 13.1 Å². The monoisotopic (exact) mass is 378 g/mol. The van der Waals surface area contributed by atoms with E-state index in [2.05, 4.69) is 51.0 Å². The van der Waals surface area contributed by atoms with Crippen LogP contribution in [0.5, 0.6) is 0 Å².